The van der Waals surface area contributed by atoms with Crippen LogP contribution in [-0.4, -0.2) is 38.3 Å². The van der Waals surface area contributed by atoms with E-state index in [2.05, 4.69) is 17.2 Å². The second-order valence-electron chi connectivity index (χ2n) is 8.36. The fourth-order valence-corrected chi connectivity index (χ4v) is 3.99. The number of methoxy groups -OCH3 is 1. The zero-order valence-electron chi connectivity index (χ0n) is 19.6. The summed E-state index contributed by atoms with van der Waals surface area (Å²) in [6.45, 7) is 10.0. The number of carbonyl (C=O) groups excluding carboxylic acids is 1. The summed E-state index contributed by atoms with van der Waals surface area (Å²) in [5, 5.41) is 0.983. The molecule has 0 aliphatic heterocycles. The predicted octanol–water partition coefficient (Wildman–Crippen LogP) is 4.37. The van der Waals surface area contributed by atoms with Gasteiger partial charge in [0.2, 0.25) is 0 Å². The molecule has 3 aromatic heterocycles. The van der Waals surface area contributed by atoms with Gasteiger partial charge in [0, 0.05) is 25.0 Å². The molecule has 0 saturated carbocycles. The van der Waals surface area contributed by atoms with Gasteiger partial charge in [-0.05, 0) is 51.1 Å². The summed E-state index contributed by atoms with van der Waals surface area (Å²) in [6, 6.07) is 9.27. The van der Waals surface area contributed by atoms with Crippen LogP contribution in [0.25, 0.3) is 33.6 Å². The number of ether oxygens (including phenoxy) is 2. The van der Waals surface area contributed by atoms with Crippen molar-refractivity contribution in [2.24, 2.45) is 12.8 Å². The second-order valence-corrected chi connectivity index (χ2v) is 8.36. The molecule has 1 atom stereocenters. The number of fused-ring (bicyclic) bond motifs is 2. The van der Waals surface area contributed by atoms with E-state index < -0.39 is 5.97 Å². The lowest BCUT2D eigenvalue weighted by atomic mass is 10.2. The van der Waals surface area contributed by atoms with Gasteiger partial charge in [-0.1, -0.05) is 6.08 Å². The highest BCUT2D eigenvalue weighted by Crippen LogP contribution is 2.34. The van der Waals surface area contributed by atoms with Crippen molar-refractivity contribution >= 4 is 28.0 Å². The van der Waals surface area contributed by atoms with Crippen LogP contribution in [0.1, 0.15) is 42.9 Å². The predicted molar refractivity (Wildman–Crippen MR) is 129 cm³/mol. The molecule has 172 valence electrons. The first kappa shape index (κ1) is 22.5. The zero-order valence-corrected chi connectivity index (χ0v) is 19.6. The van der Waals surface area contributed by atoms with Crippen molar-refractivity contribution in [3.63, 3.8) is 0 Å². The molecule has 0 bridgehead atoms. The zero-order chi connectivity index (χ0) is 23.9. The molecule has 0 radical (unpaired) electrons. The van der Waals surface area contributed by atoms with Gasteiger partial charge in [0.05, 0.1) is 35.7 Å². The Balaban J connectivity index is 1.94. The number of aromatic nitrogens is 4. The summed E-state index contributed by atoms with van der Waals surface area (Å²) in [6.07, 6.45) is 1.61. The van der Waals surface area contributed by atoms with Crippen LogP contribution in [0.2, 0.25) is 0 Å². The number of imidazole rings is 1. The van der Waals surface area contributed by atoms with E-state index in [0.29, 0.717) is 23.4 Å². The number of allylic oxidation sites excluding steroid dienone is 1. The molecule has 33 heavy (non-hydrogen) atoms. The molecule has 4 aromatic rings. The largest absolute Gasteiger partial charge is 0.494 e. The van der Waals surface area contributed by atoms with Crippen LogP contribution in [-0.2, 0) is 18.3 Å². The average molecular weight is 448 g/mol. The number of benzene rings is 1. The first-order valence-electron chi connectivity index (χ1n) is 10.9. The summed E-state index contributed by atoms with van der Waals surface area (Å²) >= 11 is 0. The third kappa shape index (κ3) is 3.98. The van der Waals surface area contributed by atoms with Crippen molar-refractivity contribution in [2.45, 2.75) is 39.5 Å². The fraction of sp³-hybridized carbons (Fsp3) is 0.320. The Morgan fingerprint density at radius 1 is 1.21 bits per heavy atom. The molecule has 0 aliphatic rings. The number of nitrogens with two attached hydrogens (primary N) is 1. The molecular formula is C25H29N5O3. The van der Waals surface area contributed by atoms with Gasteiger partial charge < -0.3 is 24.3 Å². The third-order valence-electron chi connectivity index (χ3n) is 5.51. The highest BCUT2D eigenvalue weighted by atomic mass is 16.5. The first-order valence-corrected chi connectivity index (χ1v) is 10.9. The molecule has 8 heteroatoms. The Morgan fingerprint density at radius 2 is 1.97 bits per heavy atom. The minimum absolute atomic E-state index is 0.172. The fourth-order valence-electron chi connectivity index (χ4n) is 3.99. The van der Waals surface area contributed by atoms with Crippen LogP contribution in [0.5, 0.6) is 5.75 Å². The Kier molecular flexibility index (Phi) is 5.95. The topological polar surface area (TPSA) is 97.2 Å². The van der Waals surface area contributed by atoms with E-state index in [9.17, 15) is 4.79 Å². The molecule has 0 amide bonds. The first-order chi connectivity index (χ1) is 15.7. The molecular weight excluding hydrogens is 418 g/mol. The number of carbonyl (C=O) groups is 1. The van der Waals surface area contributed by atoms with Gasteiger partial charge in [0.15, 0.2) is 5.82 Å². The maximum Gasteiger partial charge on any atom is 0.338 e. The number of esters is 1. The summed E-state index contributed by atoms with van der Waals surface area (Å²) < 4.78 is 15.0. The molecule has 0 aliphatic carbocycles. The molecule has 1 aromatic carbocycles. The lowest BCUT2D eigenvalue weighted by Gasteiger charge is -2.11. The van der Waals surface area contributed by atoms with Crippen LogP contribution in [0.3, 0.4) is 0 Å². The lowest BCUT2D eigenvalue weighted by molar-refractivity contribution is 0.0377. The maximum absolute atomic E-state index is 12.5. The van der Waals surface area contributed by atoms with E-state index in [1.54, 1.807) is 19.2 Å². The van der Waals surface area contributed by atoms with Gasteiger partial charge in [-0.3, -0.25) is 0 Å². The van der Waals surface area contributed by atoms with Crippen LogP contribution < -0.4 is 10.5 Å². The number of hydrogen-bond donors (Lipinski definition) is 1. The van der Waals surface area contributed by atoms with Gasteiger partial charge in [0.1, 0.15) is 16.9 Å². The summed E-state index contributed by atoms with van der Waals surface area (Å²) in [4.78, 5) is 22.2. The van der Waals surface area contributed by atoms with Crippen LogP contribution in [0.4, 0.5) is 0 Å². The summed E-state index contributed by atoms with van der Waals surface area (Å²) in [5.41, 5.74) is 10.4. The Labute approximate surface area is 192 Å². The standard InChI is InChI=1S/C25H29N5O3/c1-7-10-30-20(12-16-8-9-18(15(4)26)27-23(16)30)24-28-19-11-17(25(31)33-14(2)3)13-21(32-6)22(19)29(24)5/h7-9,11-15H,1,10,26H2,2-6H3. The molecule has 2 N–H and O–H groups in total. The minimum atomic E-state index is -0.411. The van der Waals surface area contributed by atoms with E-state index in [4.69, 9.17) is 25.2 Å². The Bertz CT molecular complexity index is 1360. The molecule has 3 heterocycles. The van der Waals surface area contributed by atoms with Gasteiger partial charge >= 0.3 is 5.97 Å². The average Bonchev–Trinajstić information content (AvgIpc) is 3.30. The molecule has 4 rings (SSSR count). The normalized spacial score (nSPS) is 12.5. The number of rotatable bonds is 7. The van der Waals surface area contributed by atoms with E-state index >= 15 is 0 Å². The number of hydrogen-bond acceptors (Lipinski definition) is 6. The lowest BCUT2D eigenvalue weighted by Crippen LogP contribution is -2.11. The highest BCUT2D eigenvalue weighted by molar-refractivity contribution is 5.97. The van der Waals surface area contributed by atoms with Gasteiger partial charge in [-0.25, -0.2) is 14.8 Å². The van der Waals surface area contributed by atoms with Gasteiger partial charge in [-0.2, -0.15) is 0 Å². The SMILES string of the molecule is C=CCn1c(-c2nc3cc(C(=O)OC(C)C)cc(OC)c3n2C)cc2ccc(C(C)N)nc21. The summed E-state index contributed by atoms with van der Waals surface area (Å²) in [7, 11) is 3.50. The van der Waals surface area contributed by atoms with Crippen molar-refractivity contribution in [1.29, 1.82) is 0 Å². The van der Waals surface area contributed by atoms with Gasteiger partial charge in [-0.15, -0.1) is 6.58 Å². The van der Waals surface area contributed by atoms with E-state index in [1.165, 1.54) is 0 Å². The van der Waals surface area contributed by atoms with Crippen molar-refractivity contribution in [3.8, 4) is 17.3 Å². The van der Waals surface area contributed by atoms with Crippen LogP contribution in [0.15, 0.2) is 43.0 Å². The third-order valence-corrected chi connectivity index (χ3v) is 5.51. The minimum Gasteiger partial charge on any atom is -0.494 e. The van der Waals surface area contributed by atoms with Crippen molar-refractivity contribution in [1.82, 2.24) is 19.1 Å². The van der Waals surface area contributed by atoms with Gasteiger partial charge in [0.25, 0.3) is 0 Å². The van der Waals surface area contributed by atoms with Crippen molar-refractivity contribution < 1.29 is 14.3 Å². The molecule has 8 nitrogen and oxygen atoms in total. The number of aryl methyl sites for hydroxylation is 1. The molecule has 0 spiro atoms. The monoisotopic (exact) mass is 447 g/mol. The summed E-state index contributed by atoms with van der Waals surface area (Å²) in [5.74, 6) is 0.860. The van der Waals surface area contributed by atoms with Crippen molar-refractivity contribution in [3.05, 3.63) is 54.2 Å². The van der Waals surface area contributed by atoms with E-state index in [1.807, 2.05) is 50.6 Å². The smallest absolute Gasteiger partial charge is 0.338 e. The van der Waals surface area contributed by atoms with Crippen molar-refractivity contribution in [2.75, 3.05) is 7.11 Å². The highest BCUT2D eigenvalue weighted by Gasteiger charge is 2.22. The molecule has 0 fully saturated rings. The Hall–Kier alpha value is -3.65. The number of pyridine rings is 1. The van der Waals surface area contributed by atoms with E-state index in [0.717, 1.165) is 33.8 Å². The second kappa shape index (κ2) is 8.71. The maximum atomic E-state index is 12.5. The molecule has 1 unspecified atom stereocenters. The quantitative estimate of drug-likeness (QED) is 0.334. The van der Waals surface area contributed by atoms with E-state index in [-0.39, 0.29) is 12.1 Å². The Morgan fingerprint density at radius 3 is 2.61 bits per heavy atom. The van der Waals surface area contributed by atoms with Crippen LogP contribution in [0, 0.1) is 0 Å². The molecule has 0 saturated heterocycles. The van der Waals surface area contributed by atoms with Crippen LogP contribution >= 0.6 is 0 Å². The number of nitrogens with zero attached hydrogens (tertiary/aromatic N) is 4.